The number of benzene rings is 1. The number of hydrogen-bond donors (Lipinski definition) is 1. The molecule has 1 N–H and O–H groups in total. The molecule has 4 aromatic rings. The lowest BCUT2D eigenvalue weighted by molar-refractivity contribution is 0.440. The monoisotopic (exact) mass is 566 g/mol. The number of H-pyrrole nitrogens is 1. The molecule has 1 atom stereocenters. The zero-order chi connectivity index (χ0) is 27.3. The largest absolute Gasteiger partial charge is 0.278 e. The van der Waals surface area contributed by atoms with Crippen LogP contribution >= 0.6 is 23.1 Å². The van der Waals surface area contributed by atoms with E-state index in [4.69, 9.17) is 0 Å². The van der Waals surface area contributed by atoms with Crippen LogP contribution in [0.25, 0.3) is 17.0 Å². The molecule has 0 spiro atoms. The van der Waals surface area contributed by atoms with Gasteiger partial charge in [0.2, 0.25) is 5.65 Å². The van der Waals surface area contributed by atoms with Gasteiger partial charge in [0.1, 0.15) is 0 Å². The summed E-state index contributed by atoms with van der Waals surface area (Å²) in [6.45, 7) is 6.50. The molecule has 4 rings (SSSR count). The lowest BCUT2D eigenvalue weighted by atomic mass is 9.96. The van der Waals surface area contributed by atoms with E-state index in [1.54, 1.807) is 4.63 Å². The van der Waals surface area contributed by atoms with Crippen LogP contribution in [-0.4, -0.2) is 35.8 Å². The number of aromatic nitrogens is 6. The first kappa shape index (κ1) is 29.4. The van der Waals surface area contributed by atoms with Crippen molar-refractivity contribution in [2.75, 3.05) is 5.75 Å². The topological polar surface area (TPSA) is 96.5 Å². The van der Waals surface area contributed by atoms with Crippen LogP contribution in [0.5, 0.6) is 0 Å². The third-order valence-corrected chi connectivity index (χ3v) is 9.16. The molecule has 0 aliphatic heterocycles. The van der Waals surface area contributed by atoms with Gasteiger partial charge in [-0.3, -0.25) is 5.10 Å². The van der Waals surface area contributed by atoms with E-state index in [2.05, 4.69) is 49.5 Å². The second-order valence-corrected chi connectivity index (χ2v) is 12.5. The van der Waals surface area contributed by atoms with Crippen LogP contribution in [0.3, 0.4) is 0 Å². The summed E-state index contributed by atoms with van der Waals surface area (Å²) in [5, 5.41) is 25.9. The van der Waals surface area contributed by atoms with Gasteiger partial charge in [0.05, 0.1) is 5.69 Å². The molecule has 0 radical (unpaired) electrons. The Bertz CT molecular complexity index is 1280. The predicted molar refractivity (Wildman–Crippen MR) is 163 cm³/mol. The Morgan fingerprint density at radius 1 is 0.897 bits per heavy atom. The smallest absolute Gasteiger partial charge is 0.252 e. The molecule has 3 heterocycles. The van der Waals surface area contributed by atoms with Crippen LogP contribution in [0.15, 0.2) is 44.9 Å². The third-order valence-electron chi connectivity index (χ3n) is 6.99. The minimum absolute atomic E-state index is 0.564. The summed E-state index contributed by atoms with van der Waals surface area (Å²) in [5.74, 6) is 2.50. The van der Waals surface area contributed by atoms with E-state index in [1.807, 2.05) is 49.0 Å². The van der Waals surface area contributed by atoms with E-state index in [9.17, 15) is 0 Å². The Labute approximate surface area is 240 Å². The molecule has 10 heteroatoms. The van der Waals surface area contributed by atoms with Gasteiger partial charge < -0.3 is 0 Å². The van der Waals surface area contributed by atoms with E-state index in [1.165, 1.54) is 88.4 Å². The van der Waals surface area contributed by atoms with Crippen molar-refractivity contribution >= 4 is 39.6 Å². The molecule has 1 unspecified atom stereocenters. The second-order valence-electron chi connectivity index (χ2n) is 10.3. The molecular formula is C29H42N8S2. The van der Waals surface area contributed by atoms with Crippen molar-refractivity contribution in [1.29, 1.82) is 0 Å². The fraction of sp³-hybridized carbons (Fsp3) is 0.586. The van der Waals surface area contributed by atoms with Crippen LogP contribution in [0.4, 0.5) is 10.8 Å². The van der Waals surface area contributed by atoms with Crippen LogP contribution in [0.2, 0.25) is 0 Å². The maximum Gasteiger partial charge on any atom is 0.252 e. The maximum absolute atomic E-state index is 4.68. The number of unbranched alkanes of at least 4 members (excludes halogenated alkanes) is 8. The average Bonchev–Trinajstić information content (AvgIpc) is 3.65. The van der Waals surface area contributed by atoms with Gasteiger partial charge in [0, 0.05) is 11.3 Å². The molecule has 0 aliphatic rings. The van der Waals surface area contributed by atoms with E-state index in [-0.39, 0.29) is 0 Å². The number of thioether (sulfide) groups is 1. The van der Waals surface area contributed by atoms with Gasteiger partial charge in [0.15, 0.2) is 15.9 Å². The van der Waals surface area contributed by atoms with E-state index in [0.717, 1.165) is 27.3 Å². The summed E-state index contributed by atoms with van der Waals surface area (Å²) < 4.78 is 2.62. The van der Waals surface area contributed by atoms with Crippen molar-refractivity contribution < 1.29 is 0 Å². The number of nitrogens with zero attached hydrogens (tertiary/aromatic N) is 7. The number of aromatic amines is 1. The number of aryl methyl sites for hydroxylation is 1. The Balaban J connectivity index is 1.33. The molecule has 0 bridgehead atoms. The third kappa shape index (κ3) is 8.96. The molecule has 3 aromatic heterocycles. The van der Waals surface area contributed by atoms with E-state index in [0.29, 0.717) is 22.3 Å². The zero-order valence-electron chi connectivity index (χ0n) is 23.6. The molecule has 39 heavy (non-hydrogen) atoms. The Hall–Kier alpha value is -2.59. The first-order chi connectivity index (χ1) is 19.2. The number of fused-ring (bicyclic) bond motifs is 1. The molecule has 0 amide bonds. The highest BCUT2D eigenvalue weighted by atomic mass is 32.2. The van der Waals surface area contributed by atoms with Crippen LogP contribution in [-0.2, 0) is 0 Å². The number of hydrogen-bond acceptors (Lipinski definition) is 8. The standard InChI is InChI=1S/C29H42N8S2/c1-4-6-8-10-11-14-18-23(17-13-9-7-5-2)21-38-29-34-33-28(39-29)32-31-25-22(3)35-37-27(25)30-26(36-37)24-19-15-12-16-20-24/h12,15-16,19-20,23,35H,4-11,13-14,17-18,21H2,1-3H3. The number of nitrogens with one attached hydrogen (secondary N) is 1. The average molecular weight is 567 g/mol. The van der Waals surface area contributed by atoms with Crippen LogP contribution in [0, 0.1) is 12.8 Å². The van der Waals surface area contributed by atoms with Crippen molar-refractivity contribution in [3.63, 3.8) is 0 Å². The number of azo groups is 1. The summed E-state index contributed by atoms with van der Waals surface area (Å²) >= 11 is 3.33. The molecule has 1 aromatic carbocycles. The second kappa shape index (κ2) is 15.9. The fourth-order valence-electron chi connectivity index (χ4n) is 4.72. The molecule has 210 valence electrons. The van der Waals surface area contributed by atoms with Crippen molar-refractivity contribution in [2.24, 2.45) is 16.1 Å². The van der Waals surface area contributed by atoms with Crippen molar-refractivity contribution in [3.8, 4) is 11.4 Å². The molecule has 0 saturated carbocycles. The van der Waals surface area contributed by atoms with Crippen molar-refractivity contribution in [1.82, 2.24) is 30.0 Å². The summed E-state index contributed by atoms with van der Waals surface area (Å²) in [6, 6.07) is 9.92. The molecule has 8 nitrogen and oxygen atoms in total. The fourth-order valence-corrected chi connectivity index (χ4v) is 6.59. The lowest BCUT2D eigenvalue weighted by Gasteiger charge is -2.15. The predicted octanol–water partition coefficient (Wildman–Crippen LogP) is 9.73. The molecular weight excluding hydrogens is 525 g/mol. The minimum Gasteiger partial charge on any atom is -0.278 e. The minimum atomic E-state index is 0.564. The van der Waals surface area contributed by atoms with Crippen LogP contribution < -0.4 is 0 Å². The van der Waals surface area contributed by atoms with Gasteiger partial charge in [-0.05, 0) is 25.7 Å². The normalized spacial score (nSPS) is 12.7. The van der Waals surface area contributed by atoms with Gasteiger partial charge in [-0.1, -0.05) is 131 Å². The van der Waals surface area contributed by atoms with E-state index < -0.39 is 0 Å². The van der Waals surface area contributed by atoms with Crippen molar-refractivity contribution in [3.05, 3.63) is 36.0 Å². The summed E-state index contributed by atoms with van der Waals surface area (Å²) in [5.41, 5.74) is 3.13. The van der Waals surface area contributed by atoms with Gasteiger partial charge in [-0.2, -0.15) is 4.63 Å². The first-order valence-corrected chi connectivity index (χ1v) is 16.4. The molecule has 0 fully saturated rings. The Kier molecular flexibility index (Phi) is 12.0. The summed E-state index contributed by atoms with van der Waals surface area (Å²) in [4.78, 5) is 4.68. The highest BCUT2D eigenvalue weighted by molar-refractivity contribution is 8.01. The highest BCUT2D eigenvalue weighted by Crippen LogP contribution is 2.33. The number of rotatable bonds is 18. The Morgan fingerprint density at radius 3 is 2.33 bits per heavy atom. The van der Waals surface area contributed by atoms with E-state index >= 15 is 0 Å². The summed E-state index contributed by atoms with van der Waals surface area (Å²) in [6.07, 6.45) is 16.1. The van der Waals surface area contributed by atoms with Gasteiger partial charge >= 0.3 is 0 Å². The highest BCUT2D eigenvalue weighted by Gasteiger charge is 2.16. The van der Waals surface area contributed by atoms with Gasteiger partial charge in [0.25, 0.3) is 5.13 Å². The lowest BCUT2D eigenvalue weighted by Crippen LogP contribution is -2.04. The molecule has 0 saturated heterocycles. The molecule has 0 aliphatic carbocycles. The quantitative estimate of drug-likeness (QED) is 0.0734. The first-order valence-electron chi connectivity index (χ1n) is 14.6. The SMILES string of the molecule is CCCCCCCCC(CCCCCC)CSc1nnc(N=Nc2c(C)[nH]n3nc(-c4ccccc4)nc23)s1. The zero-order valence-corrected chi connectivity index (χ0v) is 25.2. The van der Waals surface area contributed by atoms with Gasteiger partial charge in [-0.25, -0.2) is 4.98 Å². The maximum atomic E-state index is 4.68. The van der Waals surface area contributed by atoms with Crippen LogP contribution in [0.1, 0.15) is 96.6 Å². The summed E-state index contributed by atoms with van der Waals surface area (Å²) in [7, 11) is 0. The Morgan fingerprint density at radius 2 is 1.59 bits per heavy atom. The van der Waals surface area contributed by atoms with Crippen molar-refractivity contribution in [2.45, 2.75) is 102 Å². The van der Waals surface area contributed by atoms with Gasteiger partial charge in [-0.15, -0.1) is 25.5 Å².